The van der Waals surface area contributed by atoms with Gasteiger partial charge in [-0.05, 0) is 61.1 Å². The van der Waals surface area contributed by atoms with Gasteiger partial charge in [-0.25, -0.2) is 13.4 Å². The summed E-state index contributed by atoms with van der Waals surface area (Å²) in [6.07, 6.45) is 5.25. The molecule has 3 saturated carbocycles. The zero-order valence-electron chi connectivity index (χ0n) is 23.7. The van der Waals surface area contributed by atoms with Crippen LogP contribution in [0.25, 0.3) is 11.0 Å². The molecule has 212 valence electrons. The summed E-state index contributed by atoms with van der Waals surface area (Å²) in [6.45, 7) is 6.79. The number of rotatable bonds is 7. The second-order valence-corrected chi connectivity index (χ2v) is 14.6. The number of para-hydroxylation sites is 1. The molecule has 8 nitrogen and oxygen atoms in total. The number of benzene rings is 2. The number of alkyl carbamates (subject to hydrolysis) is 1. The number of furan rings is 1. The molecule has 3 aromatic rings. The number of hydrogen-bond acceptors (Lipinski definition) is 7. The van der Waals surface area contributed by atoms with Crippen LogP contribution in [0.15, 0.2) is 68.5 Å². The van der Waals surface area contributed by atoms with Crippen LogP contribution in [-0.2, 0) is 36.8 Å². The summed E-state index contributed by atoms with van der Waals surface area (Å²) in [5.74, 6) is 0.517. The first-order valence-electron chi connectivity index (χ1n) is 13.9. The molecule has 2 aromatic carbocycles. The third kappa shape index (κ3) is 4.54. The molecule has 1 aromatic heterocycles. The van der Waals surface area contributed by atoms with Gasteiger partial charge in [0.2, 0.25) is 0 Å². The Morgan fingerprint density at radius 2 is 1.90 bits per heavy atom. The van der Waals surface area contributed by atoms with E-state index in [9.17, 15) is 9.00 Å². The minimum absolute atomic E-state index is 0.0157. The van der Waals surface area contributed by atoms with Crippen molar-refractivity contribution >= 4 is 33.9 Å². The van der Waals surface area contributed by atoms with E-state index in [4.69, 9.17) is 18.5 Å². The Bertz CT molecular complexity index is 1560. The molecule has 4 fully saturated rings. The van der Waals surface area contributed by atoms with Crippen molar-refractivity contribution in [3.05, 3.63) is 65.9 Å². The molecule has 4 aliphatic rings. The summed E-state index contributed by atoms with van der Waals surface area (Å²) in [5, 5.41) is 4.02. The van der Waals surface area contributed by atoms with Crippen molar-refractivity contribution in [3.8, 4) is 0 Å². The lowest BCUT2D eigenvalue weighted by Crippen LogP contribution is -2.65. The Kier molecular flexibility index (Phi) is 6.79. The molecule has 6 atom stereocenters. The van der Waals surface area contributed by atoms with Crippen LogP contribution in [-0.4, -0.2) is 48.4 Å². The average molecular weight is 565 g/mol. The van der Waals surface area contributed by atoms with Crippen molar-refractivity contribution in [2.24, 2.45) is 21.6 Å². The third-order valence-electron chi connectivity index (χ3n) is 9.69. The molecule has 0 radical (unpaired) electrons. The van der Waals surface area contributed by atoms with Gasteiger partial charge >= 0.3 is 13.2 Å². The van der Waals surface area contributed by atoms with Crippen molar-refractivity contribution in [2.75, 3.05) is 13.3 Å². The Hall–Kier alpha value is -2.82. The fourth-order valence-electron chi connectivity index (χ4n) is 7.14. The second kappa shape index (κ2) is 9.92. The van der Waals surface area contributed by atoms with E-state index in [-0.39, 0.29) is 18.1 Å². The monoisotopic (exact) mass is 564 g/mol. The zero-order chi connectivity index (χ0) is 28.3. The topological polar surface area (TPSA) is 99.4 Å². The van der Waals surface area contributed by atoms with Crippen LogP contribution in [0.4, 0.5) is 4.79 Å². The number of fused-ring (bicyclic) bond motifs is 1. The third-order valence-corrected chi connectivity index (χ3v) is 11.6. The molecule has 1 unspecified atom stereocenters. The Morgan fingerprint density at radius 3 is 2.67 bits per heavy atom. The summed E-state index contributed by atoms with van der Waals surface area (Å²) >= 11 is 0. The lowest BCUT2D eigenvalue weighted by atomic mass is 9.43. The second-order valence-electron chi connectivity index (χ2n) is 12.2. The largest absolute Gasteiger partial charge is 0.482 e. The van der Waals surface area contributed by atoms with Crippen molar-refractivity contribution in [1.82, 2.24) is 5.32 Å². The smallest absolute Gasteiger partial charge is 0.464 e. The summed E-state index contributed by atoms with van der Waals surface area (Å²) in [5.41, 5.74) is 2.20. The molecule has 1 N–H and O–H groups in total. The summed E-state index contributed by atoms with van der Waals surface area (Å²) in [7, 11) is -1.69. The van der Waals surface area contributed by atoms with E-state index >= 15 is 0 Å². The Labute approximate surface area is 236 Å². The quantitative estimate of drug-likeness (QED) is 0.374. The molecule has 1 saturated heterocycles. The van der Waals surface area contributed by atoms with E-state index in [1.807, 2.05) is 30.3 Å². The fraction of sp³-hybridized carbons (Fsp3) is 0.500. The van der Waals surface area contributed by atoms with Crippen LogP contribution in [0.3, 0.4) is 0 Å². The maximum absolute atomic E-state index is 13.2. The van der Waals surface area contributed by atoms with Gasteiger partial charge in [0.1, 0.15) is 12.2 Å². The maximum atomic E-state index is 13.2. The van der Waals surface area contributed by atoms with Crippen molar-refractivity contribution in [1.29, 1.82) is 0 Å². The molecule has 1 aliphatic heterocycles. The first kappa shape index (κ1) is 27.4. The van der Waals surface area contributed by atoms with E-state index in [1.54, 1.807) is 30.7 Å². The molecule has 10 heteroatoms. The number of carbonyl (C=O) groups excluding carboxylic acids is 1. The molecule has 40 heavy (non-hydrogen) atoms. The standard InChI is InChI=1S/C30H37BN2O6S/c1-29(2)21-15-25(29)30(3)26(16-21)38-31(39-30)27(14-20-18-36-23-12-8-7-11-22(20)23)33-28(34)37-17-19-10-6-9-13-24(19)40(5,35)32-4/h6-13,18,21,25-27H,14-17H2,1-5H3,(H,33,34)/t21-,25-,26+,27-,30-,40?/m0/s1. The van der Waals surface area contributed by atoms with E-state index < -0.39 is 34.5 Å². The average Bonchev–Trinajstić information content (AvgIpc) is 3.52. The van der Waals surface area contributed by atoms with Crippen molar-refractivity contribution in [3.63, 3.8) is 0 Å². The number of ether oxygens (including phenoxy) is 1. The number of hydrogen-bond donors (Lipinski definition) is 1. The van der Waals surface area contributed by atoms with Gasteiger partial charge in [-0.1, -0.05) is 50.2 Å². The van der Waals surface area contributed by atoms with Gasteiger partial charge in [-0.15, -0.1) is 0 Å². The molecule has 0 spiro atoms. The van der Waals surface area contributed by atoms with Gasteiger partial charge in [0.25, 0.3) is 0 Å². The van der Waals surface area contributed by atoms with Gasteiger partial charge in [-0.3, -0.25) is 0 Å². The van der Waals surface area contributed by atoms with Gasteiger partial charge in [-0.2, -0.15) is 0 Å². The van der Waals surface area contributed by atoms with Gasteiger partial charge in [0.05, 0.1) is 38.5 Å². The van der Waals surface area contributed by atoms with Gasteiger partial charge in [0, 0.05) is 24.3 Å². The highest BCUT2D eigenvalue weighted by Crippen LogP contribution is 2.65. The van der Waals surface area contributed by atoms with Crippen LogP contribution in [0, 0.1) is 17.3 Å². The maximum Gasteiger partial charge on any atom is 0.482 e. The number of nitrogens with zero attached hydrogens (tertiary/aromatic N) is 1. The van der Waals surface area contributed by atoms with Crippen LogP contribution in [0.2, 0.25) is 0 Å². The van der Waals surface area contributed by atoms with Crippen LogP contribution >= 0.6 is 0 Å². The molecular formula is C30H37BN2O6S. The Balaban J connectivity index is 1.23. The number of nitrogens with one attached hydrogen (secondary N) is 1. The van der Waals surface area contributed by atoms with E-state index in [0.29, 0.717) is 28.7 Å². The summed E-state index contributed by atoms with van der Waals surface area (Å²) in [6, 6.07) is 15.0. The highest BCUT2D eigenvalue weighted by Gasteiger charge is 2.68. The molecule has 1 amide bonds. The number of carbonyl (C=O) groups is 1. The van der Waals surface area contributed by atoms with Gasteiger partial charge < -0.3 is 23.8 Å². The summed E-state index contributed by atoms with van der Waals surface area (Å²) in [4.78, 5) is 13.8. The normalized spacial score (nSPS) is 28.7. The predicted octanol–water partition coefficient (Wildman–Crippen LogP) is 5.62. The van der Waals surface area contributed by atoms with E-state index in [0.717, 1.165) is 29.4 Å². The highest BCUT2D eigenvalue weighted by molar-refractivity contribution is 7.93. The van der Waals surface area contributed by atoms with Gasteiger partial charge in [0.15, 0.2) is 0 Å². The SMILES string of the molecule is CN=S(C)(=O)c1ccccc1COC(=O)N[C@@H](Cc1coc2ccccc12)B1O[C@@H]2C[C@@H]3C[C@@H](C3(C)C)[C@]2(C)O1. The first-order chi connectivity index (χ1) is 19.0. The molecular weight excluding hydrogens is 527 g/mol. The fourth-order valence-corrected chi connectivity index (χ4v) is 8.28. The van der Waals surface area contributed by atoms with Crippen LogP contribution in [0.1, 0.15) is 44.7 Å². The lowest BCUT2D eigenvalue weighted by molar-refractivity contribution is -0.199. The van der Waals surface area contributed by atoms with Crippen LogP contribution < -0.4 is 5.32 Å². The highest BCUT2D eigenvalue weighted by atomic mass is 32.2. The van der Waals surface area contributed by atoms with E-state index in [1.165, 1.54) is 7.05 Å². The molecule has 3 aliphatic carbocycles. The first-order valence-corrected chi connectivity index (χ1v) is 15.8. The molecule has 2 heterocycles. The minimum atomic E-state index is -2.59. The number of amides is 1. The minimum Gasteiger partial charge on any atom is -0.464 e. The molecule has 2 bridgehead atoms. The molecule has 7 rings (SSSR count). The predicted molar refractivity (Wildman–Crippen MR) is 154 cm³/mol. The van der Waals surface area contributed by atoms with Crippen LogP contribution in [0.5, 0.6) is 0 Å². The van der Waals surface area contributed by atoms with E-state index in [2.05, 4.69) is 30.5 Å². The van der Waals surface area contributed by atoms with Crippen molar-refractivity contribution in [2.45, 2.75) is 69.2 Å². The Morgan fingerprint density at radius 1 is 1.15 bits per heavy atom. The van der Waals surface area contributed by atoms with Crippen molar-refractivity contribution < 1.29 is 27.5 Å². The zero-order valence-corrected chi connectivity index (χ0v) is 24.5. The lowest BCUT2D eigenvalue weighted by Gasteiger charge is -2.64. The summed E-state index contributed by atoms with van der Waals surface area (Å²) < 4.78 is 41.7.